The first-order valence-corrected chi connectivity index (χ1v) is 8.11. The number of hydrazone groups is 1. The van der Waals surface area contributed by atoms with Crippen LogP contribution in [0.2, 0.25) is 5.02 Å². The zero-order valence-corrected chi connectivity index (χ0v) is 14.5. The molecule has 2 heterocycles. The number of furan rings is 1. The second-order valence-corrected chi connectivity index (χ2v) is 5.98. The number of hydrogen-bond acceptors (Lipinski definition) is 5. The summed E-state index contributed by atoms with van der Waals surface area (Å²) in [6.07, 6.45) is 1.84. The van der Waals surface area contributed by atoms with Gasteiger partial charge in [0.15, 0.2) is 5.76 Å². The summed E-state index contributed by atoms with van der Waals surface area (Å²) in [6.45, 7) is 0. The number of nitrogens with zero attached hydrogens (tertiary/aromatic N) is 2. The molecule has 26 heavy (non-hydrogen) atoms. The molecule has 9 heteroatoms. The fourth-order valence-corrected chi connectivity index (χ4v) is 2.52. The average molecular weight is 375 g/mol. The summed E-state index contributed by atoms with van der Waals surface area (Å²) >= 11 is 5.99. The fraction of sp³-hybridized carbons (Fsp3) is 0.176. The standard InChI is InChI=1S/C17H15ClN4O4/c1-22-15(23)7-6-12(21-22)16(24)19-11-5-4-10(18)9-13(11)20-17(25)14-3-2-8-26-14/h2-5,8-9H,6-7H2,1H3,(H,19,24)(H,20,25). The van der Waals surface area contributed by atoms with Crippen molar-refractivity contribution in [1.29, 1.82) is 0 Å². The van der Waals surface area contributed by atoms with Gasteiger partial charge < -0.3 is 15.1 Å². The lowest BCUT2D eigenvalue weighted by molar-refractivity contribution is -0.130. The monoisotopic (exact) mass is 374 g/mol. The molecule has 0 bridgehead atoms. The molecular formula is C17H15ClN4O4. The highest BCUT2D eigenvalue weighted by Gasteiger charge is 2.23. The Kier molecular flexibility index (Phi) is 5.04. The Hall–Kier alpha value is -3.13. The first kappa shape index (κ1) is 17.7. The third-order valence-electron chi connectivity index (χ3n) is 3.69. The molecule has 1 aliphatic heterocycles. The van der Waals surface area contributed by atoms with E-state index in [0.29, 0.717) is 16.4 Å². The van der Waals surface area contributed by atoms with E-state index in [-0.39, 0.29) is 30.2 Å². The Balaban J connectivity index is 1.79. The molecule has 134 valence electrons. The van der Waals surface area contributed by atoms with Crippen LogP contribution in [0.4, 0.5) is 11.4 Å². The number of hydrogen-bond donors (Lipinski definition) is 2. The van der Waals surface area contributed by atoms with Crippen molar-refractivity contribution in [3.8, 4) is 0 Å². The minimum Gasteiger partial charge on any atom is -0.459 e. The summed E-state index contributed by atoms with van der Waals surface area (Å²) in [6, 6.07) is 7.76. The highest BCUT2D eigenvalue weighted by Crippen LogP contribution is 2.27. The van der Waals surface area contributed by atoms with Crippen LogP contribution in [0.25, 0.3) is 0 Å². The smallest absolute Gasteiger partial charge is 0.291 e. The summed E-state index contributed by atoms with van der Waals surface area (Å²) < 4.78 is 5.05. The van der Waals surface area contributed by atoms with Gasteiger partial charge in [-0.05, 0) is 30.3 Å². The Labute approximate surface area is 153 Å². The molecule has 8 nitrogen and oxygen atoms in total. The Morgan fingerprint density at radius 2 is 1.92 bits per heavy atom. The van der Waals surface area contributed by atoms with Crippen molar-refractivity contribution in [2.24, 2.45) is 5.10 Å². The minimum atomic E-state index is -0.479. The summed E-state index contributed by atoms with van der Waals surface area (Å²) in [5.41, 5.74) is 0.889. The molecule has 0 fully saturated rings. The van der Waals surface area contributed by atoms with Crippen LogP contribution in [-0.4, -0.2) is 35.5 Å². The quantitative estimate of drug-likeness (QED) is 0.858. The summed E-state index contributed by atoms with van der Waals surface area (Å²) in [7, 11) is 1.49. The van der Waals surface area contributed by atoms with Gasteiger partial charge in [-0.25, -0.2) is 5.01 Å². The first-order chi connectivity index (χ1) is 12.4. The van der Waals surface area contributed by atoms with Crippen LogP contribution in [0.3, 0.4) is 0 Å². The Morgan fingerprint density at radius 1 is 1.15 bits per heavy atom. The number of anilines is 2. The van der Waals surface area contributed by atoms with Crippen LogP contribution in [-0.2, 0) is 9.59 Å². The fourth-order valence-electron chi connectivity index (χ4n) is 2.35. The molecule has 1 aliphatic rings. The molecule has 0 spiro atoms. The lowest BCUT2D eigenvalue weighted by atomic mass is 10.1. The van der Waals surface area contributed by atoms with Crippen molar-refractivity contribution in [1.82, 2.24) is 5.01 Å². The lowest BCUT2D eigenvalue weighted by Gasteiger charge is -2.19. The van der Waals surface area contributed by atoms with E-state index in [1.54, 1.807) is 18.2 Å². The van der Waals surface area contributed by atoms with Gasteiger partial charge in [0.2, 0.25) is 5.91 Å². The minimum absolute atomic E-state index is 0.124. The van der Waals surface area contributed by atoms with Gasteiger partial charge in [-0.15, -0.1) is 0 Å². The lowest BCUT2D eigenvalue weighted by Crippen LogP contribution is -2.34. The number of rotatable bonds is 4. The van der Waals surface area contributed by atoms with Crippen LogP contribution in [0, 0.1) is 0 Å². The number of halogens is 1. The van der Waals surface area contributed by atoms with Crippen molar-refractivity contribution in [2.45, 2.75) is 12.8 Å². The second kappa shape index (κ2) is 7.40. The maximum absolute atomic E-state index is 12.4. The van der Waals surface area contributed by atoms with E-state index in [1.807, 2.05) is 0 Å². The van der Waals surface area contributed by atoms with Gasteiger partial charge in [-0.3, -0.25) is 14.4 Å². The molecule has 2 N–H and O–H groups in total. The highest BCUT2D eigenvalue weighted by atomic mass is 35.5. The van der Waals surface area contributed by atoms with Gasteiger partial charge in [-0.1, -0.05) is 11.6 Å². The summed E-state index contributed by atoms with van der Waals surface area (Å²) in [4.78, 5) is 36.1. The summed E-state index contributed by atoms with van der Waals surface area (Å²) in [5.74, 6) is -0.966. The number of amides is 3. The van der Waals surface area contributed by atoms with E-state index in [1.165, 1.54) is 25.4 Å². The van der Waals surface area contributed by atoms with Gasteiger partial charge in [0, 0.05) is 24.9 Å². The van der Waals surface area contributed by atoms with E-state index >= 15 is 0 Å². The van der Waals surface area contributed by atoms with Crippen LogP contribution < -0.4 is 10.6 Å². The largest absolute Gasteiger partial charge is 0.459 e. The van der Waals surface area contributed by atoms with E-state index in [9.17, 15) is 14.4 Å². The van der Waals surface area contributed by atoms with Gasteiger partial charge in [0.25, 0.3) is 11.8 Å². The van der Waals surface area contributed by atoms with Crippen molar-refractivity contribution in [3.63, 3.8) is 0 Å². The van der Waals surface area contributed by atoms with Crippen molar-refractivity contribution >= 4 is 46.4 Å². The molecule has 0 saturated heterocycles. The van der Waals surface area contributed by atoms with E-state index in [4.69, 9.17) is 16.0 Å². The number of carbonyl (C=O) groups is 3. The molecule has 3 rings (SSSR count). The first-order valence-electron chi connectivity index (χ1n) is 7.74. The maximum Gasteiger partial charge on any atom is 0.291 e. The normalized spacial score (nSPS) is 14.0. The third kappa shape index (κ3) is 3.92. The van der Waals surface area contributed by atoms with Crippen LogP contribution in [0.5, 0.6) is 0 Å². The third-order valence-corrected chi connectivity index (χ3v) is 3.93. The SMILES string of the molecule is CN1N=C(C(=O)Nc2ccc(Cl)cc2NC(=O)c2ccco2)CCC1=O. The number of benzene rings is 1. The van der Waals surface area contributed by atoms with Crippen molar-refractivity contribution < 1.29 is 18.8 Å². The highest BCUT2D eigenvalue weighted by molar-refractivity contribution is 6.44. The van der Waals surface area contributed by atoms with Crippen LogP contribution in [0.1, 0.15) is 23.4 Å². The molecule has 0 unspecified atom stereocenters. The van der Waals surface area contributed by atoms with E-state index in [0.717, 1.165) is 5.01 Å². The molecule has 0 atom stereocenters. The molecular weight excluding hydrogens is 360 g/mol. The zero-order valence-electron chi connectivity index (χ0n) is 13.8. The van der Waals surface area contributed by atoms with Gasteiger partial charge in [0.1, 0.15) is 5.71 Å². The van der Waals surface area contributed by atoms with Crippen LogP contribution in [0.15, 0.2) is 46.1 Å². The van der Waals surface area contributed by atoms with Gasteiger partial charge in [-0.2, -0.15) is 5.10 Å². The predicted molar refractivity (Wildman–Crippen MR) is 96.2 cm³/mol. The number of nitrogens with one attached hydrogen (secondary N) is 2. The number of carbonyl (C=O) groups excluding carboxylic acids is 3. The predicted octanol–water partition coefficient (Wildman–Crippen LogP) is 2.73. The molecule has 2 aromatic rings. The van der Waals surface area contributed by atoms with E-state index in [2.05, 4.69) is 15.7 Å². The van der Waals surface area contributed by atoms with Crippen molar-refractivity contribution in [3.05, 3.63) is 47.4 Å². The molecule has 1 aromatic heterocycles. The molecule has 0 radical (unpaired) electrons. The van der Waals surface area contributed by atoms with Gasteiger partial charge in [0.05, 0.1) is 17.6 Å². The molecule has 1 aromatic carbocycles. The second-order valence-electron chi connectivity index (χ2n) is 5.54. The molecule has 3 amide bonds. The molecule has 0 aliphatic carbocycles. The molecule has 0 saturated carbocycles. The average Bonchev–Trinajstić information content (AvgIpc) is 3.14. The Bertz CT molecular complexity index is 892. The Morgan fingerprint density at radius 3 is 2.62 bits per heavy atom. The topological polar surface area (TPSA) is 104 Å². The van der Waals surface area contributed by atoms with Crippen LogP contribution >= 0.6 is 11.6 Å². The maximum atomic E-state index is 12.4. The summed E-state index contributed by atoms with van der Waals surface area (Å²) in [5, 5.41) is 10.8. The zero-order chi connectivity index (χ0) is 18.7. The van der Waals surface area contributed by atoms with Crippen molar-refractivity contribution in [2.75, 3.05) is 17.7 Å². The van der Waals surface area contributed by atoms with Gasteiger partial charge >= 0.3 is 0 Å². The van der Waals surface area contributed by atoms with E-state index < -0.39 is 11.8 Å².